The maximum absolute atomic E-state index is 12.8. The molecule has 2 aromatic carbocycles. The smallest absolute Gasteiger partial charge is 0.251 e. The number of ether oxygens (including phenoxy) is 1. The number of aromatic amines is 1. The maximum Gasteiger partial charge on any atom is 0.251 e. The van der Waals surface area contributed by atoms with Gasteiger partial charge in [-0.05, 0) is 62.6 Å². The highest BCUT2D eigenvalue weighted by Gasteiger charge is 2.22. The van der Waals surface area contributed by atoms with Crippen molar-refractivity contribution in [2.75, 3.05) is 13.1 Å². The number of benzene rings is 2. The molecule has 0 spiro atoms. The topological polar surface area (TPSA) is 57.4 Å². The van der Waals surface area contributed by atoms with Crippen molar-refractivity contribution < 1.29 is 9.53 Å². The lowest BCUT2D eigenvalue weighted by molar-refractivity contribution is -0.0705. The van der Waals surface area contributed by atoms with Crippen LogP contribution in [0.15, 0.2) is 42.5 Å². The number of H-pyrrole nitrogens is 1. The number of nitrogens with zero attached hydrogens (tertiary/aromatic N) is 1. The van der Waals surface area contributed by atoms with E-state index in [4.69, 9.17) is 4.74 Å². The van der Waals surface area contributed by atoms with E-state index in [1.807, 2.05) is 24.3 Å². The fourth-order valence-electron chi connectivity index (χ4n) is 4.42. The largest absolute Gasteiger partial charge is 0.373 e. The summed E-state index contributed by atoms with van der Waals surface area (Å²) in [5.74, 6) is -0.0430. The molecule has 1 aliphatic rings. The van der Waals surface area contributed by atoms with Crippen molar-refractivity contribution in [3.8, 4) is 0 Å². The van der Waals surface area contributed by atoms with Crippen molar-refractivity contribution in [2.45, 2.75) is 53.0 Å². The SMILES string of the molecule is Cc1[nH]c2ccc(C(=O)NCc3ccccc3CN3CC(C)OC(C)C3)cc2c1C. The second-order valence-electron chi connectivity index (χ2n) is 8.54. The quantitative estimate of drug-likeness (QED) is 0.665. The molecule has 1 amide bonds. The molecule has 2 atom stereocenters. The molecule has 158 valence electrons. The summed E-state index contributed by atoms with van der Waals surface area (Å²) in [6, 6.07) is 14.2. The van der Waals surface area contributed by atoms with Gasteiger partial charge in [0, 0.05) is 48.3 Å². The van der Waals surface area contributed by atoms with Crippen LogP contribution in [0.4, 0.5) is 0 Å². The molecule has 1 aromatic heterocycles. The summed E-state index contributed by atoms with van der Waals surface area (Å²) in [6.45, 7) is 11.6. The Morgan fingerprint density at radius 3 is 2.53 bits per heavy atom. The van der Waals surface area contributed by atoms with E-state index in [-0.39, 0.29) is 18.1 Å². The van der Waals surface area contributed by atoms with Gasteiger partial charge in [-0.25, -0.2) is 0 Å². The van der Waals surface area contributed by atoms with Crippen LogP contribution in [0.2, 0.25) is 0 Å². The number of amides is 1. The van der Waals surface area contributed by atoms with Crippen LogP contribution in [0, 0.1) is 13.8 Å². The van der Waals surface area contributed by atoms with E-state index < -0.39 is 0 Å². The van der Waals surface area contributed by atoms with Gasteiger partial charge in [0.25, 0.3) is 5.91 Å². The number of morpholine rings is 1. The number of hydrogen-bond acceptors (Lipinski definition) is 3. The Bertz CT molecular complexity index is 1050. The van der Waals surface area contributed by atoms with Gasteiger partial charge in [-0.1, -0.05) is 24.3 Å². The molecule has 0 aliphatic carbocycles. The Hall–Kier alpha value is -2.63. The zero-order chi connectivity index (χ0) is 21.3. The number of hydrogen-bond donors (Lipinski definition) is 2. The lowest BCUT2D eigenvalue weighted by Gasteiger charge is -2.35. The van der Waals surface area contributed by atoms with Crippen LogP contribution in [0.5, 0.6) is 0 Å². The fourth-order valence-corrected chi connectivity index (χ4v) is 4.42. The number of aryl methyl sites for hydroxylation is 2. The summed E-state index contributed by atoms with van der Waals surface area (Å²) in [7, 11) is 0. The van der Waals surface area contributed by atoms with Crippen LogP contribution < -0.4 is 5.32 Å². The van der Waals surface area contributed by atoms with Gasteiger partial charge in [0.05, 0.1) is 12.2 Å². The van der Waals surface area contributed by atoms with E-state index in [1.165, 1.54) is 11.1 Å². The third-order valence-corrected chi connectivity index (χ3v) is 6.02. The number of carbonyl (C=O) groups is 1. The third-order valence-electron chi connectivity index (χ3n) is 6.02. The van der Waals surface area contributed by atoms with Gasteiger partial charge in [0.15, 0.2) is 0 Å². The zero-order valence-electron chi connectivity index (χ0n) is 18.3. The van der Waals surface area contributed by atoms with Crippen molar-refractivity contribution in [3.05, 3.63) is 70.4 Å². The van der Waals surface area contributed by atoms with Gasteiger partial charge in [-0.3, -0.25) is 9.69 Å². The standard InChI is InChI=1S/C25H31N3O2/c1-16-13-28(14-17(2)30-16)15-22-8-6-5-7-21(22)12-26-25(29)20-9-10-24-23(11-20)18(3)19(4)27-24/h5-11,16-17,27H,12-15H2,1-4H3,(H,26,29). The summed E-state index contributed by atoms with van der Waals surface area (Å²) < 4.78 is 5.85. The van der Waals surface area contributed by atoms with Gasteiger partial charge in [-0.15, -0.1) is 0 Å². The van der Waals surface area contributed by atoms with Crippen molar-refractivity contribution >= 4 is 16.8 Å². The van der Waals surface area contributed by atoms with E-state index >= 15 is 0 Å². The number of fused-ring (bicyclic) bond motifs is 1. The normalized spacial score (nSPS) is 19.9. The number of rotatable bonds is 5. The first-order valence-electron chi connectivity index (χ1n) is 10.7. The average Bonchev–Trinajstić information content (AvgIpc) is 2.99. The molecule has 5 nitrogen and oxygen atoms in total. The van der Waals surface area contributed by atoms with Crippen LogP contribution in [0.1, 0.15) is 46.6 Å². The molecule has 2 N–H and O–H groups in total. The first kappa shape index (κ1) is 20.6. The van der Waals surface area contributed by atoms with Crippen LogP contribution in [-0.4, -0.2) is 41.1 Å². The Morgan fingerprint density at radius 1 is 1.10 bits per heavy atom. The molecule has 4 rings (SSSR count). The van der Waals surface area contributed by atoms with Crippen molar-refractivity contribution in [2.24, 2.45) is 0 Å². The molecule has 3 aromatic rings. The molecule has 1 aliphatic heterocycles. The molecule has 0 bridgehead atoms. The first-order valence-corrected chi connectivity index (χ1v) is 10.7. The molecular formula is C25H31N3O2. The average molecular weight is 406 g/mol. The van der Waals surface area contributed by atoms with Gasteiger partial charge < -0.3 is 15.0 Å². The van der Waals surface area contributed by atoms with E-state index in [0.717, 1.165) is 41.8 Å². The molecule has 2 heterocycles. The highest BCUT2D eigenvalue weighted by Crippen LogP contribution is 2.22. The summed E-state index contributed by atoms with van der Waals surface area (Å²) in [5.41, 5.74) is 6.51. The van der Waals surface area contributed by atoms with E-state index in [1.54, 1.807) is 0 Å². The second-order valence-corrected chi connectivity index (χ2v) is 8.54. The number of carbonyl (C=O) groups excluding carboxylic acids is 1. The summed E-state index contributed by atoms with van der Waals surface area (Å²) in [4.78, 5) is 18.6. The number of nitrogens with one attached hydrogen (secondary N) is 2. The molecular weight excluding hydrogens is 374 g/mol. The van der Waals surface area contributed by atoms with Gasteiger partial charge in [-0.2, -0.15) is 0 Å². The molecule has 5 heteroatoms. The lowest BCUT2D eigenvalue weighted by Crippen LogP contribution is -2.45. The molecule has 2 unspecified atom stereocenters. The van der Waals surface area contributed by atoms with Crippen molar-refractivity contribution in [1.82, 2.24) is 15.2 Å². The molecule has 1 saturated heterocycles. The highest BCUT2D eigenvalue weighted by molar-refractivity contribution is 5.99. The molecule has 0 saturated carbocycles. The zero-order valence-corrected chi connectivity index (χ0v) is 18.3. The Balaban J connectivity index is 1.45. The summed E-state index contributed by atoms with van der Waals surface area (Å²) >= 11 is 0. The summed E-state index contributed by atoms with van der Waals surface area (Å²) in [5, 5.41) is 4.22. The highest BCUT2D eigenvalue weighted by atomic mass is 16.5. The predicted molar refractivity (Wildman–Crippen MR) is 121 cm³/mol. The van der Waals surface area contributed by atoms with Gasteiger partial charge in [0.2, 0.25) is 0 Å². The predicted octanol–water partition coefficient (Wildman–Crippen LogP) is 4.32. The first-order chi connectivity index (χ1) is 14.4. The third kappa shape index (κ3) is 4.42. The van der Waals surface area contributed by atoms with Crippen LogP contribution in [-0.2, 0) is 17.8 Å². The van der Waals surface area contributed by atoms with Crippen molar-refractivity contribution in [1.29, 1.82) is 0 Å². The molecule has 1 fully saturated rings. The minimum atomic E-state index is -0.0430. The van der Waals surface area contributed by atoms with E-state index in [9.17, 15) is 4.79 Å². The lowest BCUT2D eigenvalue weighted by atomic mass is 10.1. The minimum absolute atomic E-state index is 0.0430. The Kier molecular flexibility index (Phi) is 5.93. The van der Waals surface area contributed by atoms with Gasteiger partial charge >= 0.3 is 0 Å². The molecule has 0 radical (unpaired) electrons. The molecule has 30 heavy (non-hydrogen) atoms. The Labute approximate surface area is 178 Å². The van der Waals surface area contributed by atoms with Crippen LogP contribution >= 0.6 is 0 Å². The Morgan fingerprint density at radius 2 is 1.80 bits per heavy atom. The van der Waals surface area contributed by atoms with Crippen LogP contribution in [0.3, 0.4) is 0 Å². The monoisotopic (exact) mass is 405 g/mol. The minimum Gasteiger partial charge on any atom is -0.373 e. The van der Waals surface area contributed by atoms with E-state index in [0.29, 0.717) is 12.1 Å². The van der Waals surface area contributed by atoms with Gasteiger partial charge in [0.1, 0.15) is 0 Å². The maximum atomic E-state index is 12.8. The second kappa shape index (κ2) is 8.62. The summed E-state index contributed by atoms with van der Waals surface area (Å²) in [6.07, 6.45) is 0.493. The van der Waals surface area contributed by atoms with Crippen LogP contribution in [0.25, 0.3) is 10.9 Å². The fraction of sp³-hybridized carbons (Fsp3) is 0.400. The number of aromatic nitrogens is 1. The van der Waals surface area contributed by atoms with Crippen molar-refractivity contribution in [3.63, 3.8) is 0 Å². The van der Waals surface area contributed by atoms with E-state index in [2.05, 4.69) is 61.1 Å².